The molecule has 0 atom stereocenters. The summed E-state index contributed by atoms with van der Waals surface area (Å²) >= 11 is 6.03. The maximum absolute atomic E-state index is 12.2. The number of piperidine rings is 1. The largest absolute Gasteiger partial charge is 0.491 e. The Morgan fingerprint density at radius 2 is 1.87 bits per heavy atom. The first-order chi connectivity index (χ1) is 10.7. The molecule has 0 saturated carbocycles. The van der Waals surface area contributed by atoms with Gasteiger partial charge >= 0.3 is 0 Å². The van der Waals surface area contributed by atoms with E-state index < -0.39 is 0 Å². The van der Waals surface area contributed by atoms with Crippen LogP contribution in [0.15, 0.2) is 24.3 Å². The van der Waals surface area contributed by atoms with Crippen molar-refractivity contribution in [3.05, 3.63) is 29.3 Å². The fourth-order valence-electron chi connectivity index (χ4n) is 3.54. The van der Waals surface area contributed by atoms with Crippen molar-refractivity contribution in [3.63, 3.8) is 0 Å². The number of halogens is 1. The summed E-state index contributed by atoms with van der Waals surface area (Å²) in [6, 6.07) is 7.48. The van der Waals surface area contributed by atoms with Crippen LogP contribution in [0.5, 0.6) is 5.75 Å². The summed E-state index contributed by atoms with van der Waals surface area (Å²) in [5, 5.41) is 7.32. The minimum absolute atomic E-state index is 0.0216. The topological polar surface area (TPSA) is 50.4 Å². The summed E-state index contributed by atoms with van der Waals surface area (Å²) in [5.41, 5.74) is 0.0432. The molecule has 0 aliphatic carbocycles. The van der Waals surface area contributed by atoms with Crippen LogP contribution in [0.4, 0.5) is 0 Å². The molecule has 2 N–H and O–H groups in total. The SMILES string of the molecule is CC1(C)CC(NC(=O)CCOc2ccccc2Cl)CC(C)(C)N1. The summed E-state index contributed by atoms with van der Waals surface area (Å²) in [6.07, 6.45) is 2.18. The van der Waals surface area contributed by atoms with E-state index >= 15 is 0 Å². The quantitative estimate of drug-likeness (QED) is 0.863. The van der Waals surface area contributed by atoms with E-state index in [1.54, 1.807) is 12.1 Å². The first-order valence-corrected chi connectivity index (χ1v) is 8.51. The van der Waals surface area contributed by atoms with Gasteiger partial charge in [0.05, 0.1) is 18.1 Å². The van der Waals surface area contributed by atoms with Crippen LogP contribution < -0.4 is 15.4 Å². The molecule has 128 valence electrons. The van der Waals surface area contributed by atoms with E-state index in [9.17, 15) is 4.79 Å². The highest BCUT2D eigenvalue weighted by molar-refractivity contribution is 6.32. The van der Waals surface area contributed by atoms with Gasteiger partial charge in [0.1, 0.15) is 5.75 Å². The van der Waals surface area contributed by atoms with Crippen LogP contribution in [0.25, 0.3) is 0 Å². The maximum Gasteiger partial charge on any atom is 0.223 e. The normalized spacial score (nSPS) is 20.0. The lowest BCUT2D eigenvalue weighted by Crippen LogP contribution is -2.62. The third-order valence-electron chi connectivity index (χ3n) is 3.98. The molecular weight excluding hydrogens is 312 g/mol. The van der Waals surface area contributed by atoms with Gasteiger partial charge in [0.2, 0.25) is 5.91 Å². The van der Waals surface area contributed by atoms with Crippen molar-refractivity contribution in [1.82, 2.24) is 10.6 Å². The van der Waals surface area contributed by atoms with Gasteiger partial charge in [0, 0.05) is 17.1 Å². The van der Waals surface area contributed by atoms with Gasteiger partial charge in [-0.2, -0.15) is 0 Å². The van der Waals surface area contributed by atoms with Crippen LogP contribution in [0, 0.1) is 0 Å². The Bertz CT molecular complexity index is 542. The summed E-state index contributed by atoms with van der Waals surface area (Å²) in [7, 11) is 0. The maximum atomic E-state index is 12.2. The number of ether oxygens (including phenoxy) is 1. The van der Waals surface area contributed by atoms with Crippen molar-refractivity contribution in [3.8, 4) is 5.75 Å². The van der Waals surface area contributed by atoms with E-state index in [4.69, 9.17) is 16.3 Å². The Labute approximate surface area is 143 Å². The number of carbonyl (C=O) groups is 1. The minimum atomic E-state index is 0.0216. The molecule has 0 spiro atoms. The zero-order valence-corrected chi connectivity index (χ0v) is 15.2. The monoisotopic (exact) mass is 338 g/mol. The number of para-hydroxylation sites is 1. The highest BCUT2D eigenvalue weighted by atomic mass is 35.5. The average Bonchev–Trinajstić information content (AvgIpc) is 2.37. The molecule has 23 heavy (non-hydrogen) atoms. The molecule has 5 heteroatoms. The number of nitrogens with one attached hydrogen (secondary N) is 2. The Kier molecular flexibility index (Phi) is 5.58. The molecule has 1 aromatic rings. The predicted octanol–water partition coefficient (Wildman–Crippen LogP) is 3.53. The van der Waals surface area contributed by atoms with Crippen molar-refractivity contribution in [1.29, 1.82) is 0 Å². The van der Waals surface area contributed by atoms with Crippen LogP contribution in [-0.4, -0.2) is 29.6 Å². The molecule has 1 saturated heterocycles. The van der Waals surface area contributed by atoms with Crippen LogP contribution in [0.1, 0.15) is 47.0 Å². The highest BCUT2D eigenvalue weighted by Crippen LogP contribution is 2.28. The van der Waals surface area contributed by atoms with Crippen molar-refractivity contribution in [2.75, 3.05) is 6.61 Å². The van der Waals surface area contributed by atoms with E-state index in [0.29, 0.717) is 23.8 Å². The molecule has 0 bridgehead atoms. The van der Waals surface area contributed by atoms with Gasteiger partial charge in [0.15, 0.2) is 0 Å². The van der Waals surface area contributed by atoms with Gasteiger partial charge in [-0.25, -0.2) is 0 Å². The zero-order chi connectivity index (χ0) is 17.1. The number of benzene rings is 1. The van der Waals surface area contributed by atoms with E-state index in [2.05, 4.69) is 38.3 Å². The van der Waals surface area contributed by atoms with Gasteiger partial charge in [-0.3, -0.25) is 4.79 Å². The molecule has 0 aromatic heterocycles. The third kappa shape index (κ3) is 5.70. The zero-order valence-electron chi connectivity index (χ0n) is 14.4. The molecule has 2 rings (SSSR count). The average molecular weight is 339 g/mol. The lowest BCUT2D eigenvalue weighted by atomic mass is 9.79. The molecule has 0 radical (unpaired) electrons. The smallest absolute Gasteiger partial charge is 0.223 e. The van der Waals surface area contributed by atoms with Gasteiger partial charge in [-0.1, -0.05) is 23.7 Å². The molecule has 1 fully saturated rings. The predicted molar refractivity (Wildman–Crippen MR) is 94.0 cm³/mol. The molecule has 1 aliphatic heterocycles. The molecular formula is C18H27ClN2O2. The van der Waals surface area contributed by atoms with Crippen molar-refractivity contribution >= 4 is 17.5 Å². The van der Waals surface area contributed by atoms with Gasteiger partial charge in [-0.15, -0.1) is 0 Å². The second-order valence-corrected chi connectivity index (χ2v) is 8.00. The summed E-state index contributed by atoms with van der Waals surface area (Å²) in [5.74, 6) is 0.640. The summed E-state index contributed by atoms with van der Waals surface area (Å²) in [4.78, 5) is 12.2. The molecule has 1 amide bonds. The number of carbonyl (C=O) groups excluding carboxylic acids is 1. The fourth-order valence-corrected chi connectivity index (χ4v) is 3.73. The van der Waals surface area contributed by atoms with Gasteiger partial charge in [-0.05, 0) is 52.7 Å². The standard InChI is InChI=1S/C18H27ClN2O2/c1-17(2)11-13(12-18(3,4)21-17)20-16(22)9-10-23-15-8-6-5-7-14(15)19/h5-8,13,21H,9-12H2,1-4H3,(H,20,22). The van der Waals surface area contributed by atoms with Crippen LogP contribution in [0.3, 0.4) is 0 Å². The molecule has 1 heterocycles. The summed E-state index contributed by atoms with van der Waals surface area (Å²) < 4.78 is 5.57. The Morgan fingerprint density at radius 1 is 1.26 bits per heavy atom. The van der Waals surface area contributed by atoms with Crippen LogP contribution in [0.2, 0.25) is 5.02 Å². The second kappa shape index (κ2) is 7.10. The van der Waals surface area contributed by atoms with Crippen molar-refractivity contribution in [2.45, 2.75) is 64.1 Å². The van der Waals surface area contributed by atoms with E-state index in [-0.39, 0.29) is 23.0 Å². The Morgan fingerprint density at radius 3 is 2.48 bits per heavy atom. The number of hydrogen-bond acceptors (Lipinski definition) is 3. The lowest BCUT2D eigenvalue weighted by molar-refractivity contribution is -0.122. The Hall–Kier alpha value is -1.26. The third-order valence-corrected chi connectivity index (χ3v) is 4.29. The molecule has 1 aromatic carbocycles. The molecule has 1 aliphatic rings. The minimum Gasteiger partial charge on any atom is -0.491 e. The van der Waals surface area contributed by atoms with E-state index in [1.165, 1.54) is 0 Å². The number of rotatable bonds is 5. The fraction of sp³-hybridized carbons (Fsp3) is 0.611. The first kappa shape index (κ1) is 18.1. The highest BCUT2D eigenvalue weighted by Gasteiger charge is 2.38. The Balaban J connectivity index is 1.79. The van der Waals surface area contributed by atoms with Crippen LogP contribution in [-0.2, 0) is 4.79 Å². The van der Waals surface area contributed by atoms with E-state index in [1.807, 2.05) is 12.1 Å². The van der Waals surface area contributed by atoms with Crippen LogP contribution >= 0.6 is 11.6 Å². The second-order valence-electron chi connectivity index (χ2n) is 7.59. The summed E-state index contributed by atoms with van der Waals surface area (Å²) in [6.45, 7) is 9.02. The number of hydrogen-bond donors (Lipinski definition) is 2. The van der Waals surface area contributed by atoms with E-state index in [0.717, 1.165) is 12.8 Å². The lowest BCUT2D eigenvalue weighted by Gasteiger charge is -2.46. The molecule has 4 nitrogen and oxygen atoms in total. The number of amides is 1. The van der Waals surface area contributed by atoms with Crippen molar-refractivity contribution in [2.24, 2.45) is 0 Å². The van der Waals surface area contributed by atoms with Gasteiger partial charge < -0.3 is 15.4 Å². The first-order valence-electron chi connectivity index (χ1n) is 8.13. The molecule has 0 unspecified atom stereocenters. The van der Waals surface area contributed by atoms with Crippen molar-refractivity contribution < 1.29 is 9.53 Å². The van der Waals surface area contributed by atoms with Gasteiger partial charge in [0.25, 0.3) is 0 Å².